The predicted octanol–water partition coefficient (Wildman–Crippen LogP) is 5.11. The quantitative estimate of drug-likeness (QED) is 0.507. The van der Waals surface area contributed by atoms with E-state index in [1.54, 1.807) is 52.0 Å². The number of nitrogens with zero attached hydrogens (tertiary/aromatic N) is 2. The van der Waals surface area contributed by atoms with Crippen LogP contribution < -0.4 is 14.8 Å². The molecular weight excluding hydrogens is 446 g/mol. The molecule has 2 amide bonds. The number of amides is 2. The van der Waals surface area contributed by atoms with Gasteiger partial charge in [-0.25, -0.2) is 4.79 Å². The molecular formula is C27H33N3O5. The number of carbonyl (C=O) groups is 2. The van der Waals surface area contributed by atoms with Crippen LogP contribution >= 0.6 is 0 Å². The molecule has 0 saturated carbocycles. The van der Waals surface area contributed by atoms with Gasteiger partial charge in [-0.2, -0.15) is 0 Å². The van der Waals surface area contributed by atoms with Crippen molar-refractivity contribution in [1.82, 2.24) is 15.2 Å². The number of pyridine rings is 1. The standard InChI is InChI=1S/C27H33N3O5/c1-17(18-11-9-8-10-12-18)30(5)25(31)21-15-28-22(16-29-26(32)35-27(2,3)4)24-20(21)13-19(33-6)14-23(24)34-7/h8-15,17H,16H2,1-7H3,(H,29,32). The van der Waals surface area contributed by atoms with E-state index in [1.807, 2.05) is 37.3 Å². The SMILES string of the molecule is COc1cc(OC)c2c(CNC(=O)OC(C)(C)C)ncc(C(=O)N(C)C(C)c3ccccc3)c2c1. The van der Waals surface area contributed by atoms with Crippen molar-refractivity contribution in [1.29, 1.82) is 0 Å². The summed E-state index contributed by atoms with van der Waals surface area (Å²) < 4.78 is 16.4. The first-order valence-electron chi connectivity index (χ1n) is 11.4. The Hall–Kier alpha value is -3.81. The first-order chi connectivity index (χ1) is 16.6. The van der Waals surface area contributed by atoms with E-state index in [9.17, 15) is 9.59 Å². The van der Waals surface area contributed by atoms with Crippen molar-refractivity contribution < 1.29 is 23.8 Å². The van der Waals surface area contributed by atoms with Crippen LogP contribution in [0.25, 0.3) is 10.8 Å². The van der Waals surface area contributed by atoms with Crippen LogP contribution in [0.5, 0.6) is 11.5 Å². The normalized spacial score (nSPS) is 12.1. The Kier molecular flexibility index (Phi) is 7.84. The summed E-state index contributed by atoms with van der Waals surface area (Å²) in [6.45, 7) is 7.45. The van der Waals surface area contributed by atoms with Crippen LogP contribution in [-0.2, 0) is 11.3 Å². The van der Waals surface area contributed by atoms with Crippen molar-refractivity contribution in [2.75, 3.05) is 21.3 Å². The van der Waals surface area contributed by atoms with Gasteiger partial charge in [-0.05, 0) is 39.3 Å². The third-order valence-corrected chi connectivity index (χ3v) is 5.67. The van der Waals surface area contributed by atoms with Gasteiger partial charge in [-0.3, -0.25) is 9.78 Å². The van der Waals surface area contributed by atoms with Gasteiger partial charge in [0.2, 0.25) is 0 Å². The Balaban J connectivity index is 2.04. The van der Waals surface area contributed by atoms with E-state index in [0.29, 0.717) is 33.5 Å². The van der Waals surface area contributed by atoms with Crippen molar-refractivity contribution in [3.8, 4) is 11.5 Å². The average Bonchev–Trinajstić information content (AvgIpc) is 2.84. The number of carbonyl (C=O) groups excluding carboxylic acids is 2. The van der Waals surface area contributed by atoms with Gasteiger partial charge in [0.25, 0.3) is 5.91 Å². The van der Waals surface area contributed by atoms with Crippen LogP contribution in [-0.4, -0.2) is 48.8 Å². The number of aromatic nitrogens is 1. The number of ether oxygens (including phenoxy) is 3. The Morgan fingerprint density at radius 1 is 1.09 bits per heavy atom. The Bertz CT molecular complexity index is 1200. The second-order valence-electron chi connectivity index (χ2n) is 9.23. The number of hydrogen-bond donors (Lipinski definition) is 1. The zero-order chi connectivity index (χ0) is 25.8. The molecule has 0 bridgehead atoms. The lowest BCUT2D eigenvalue weighted by molar-refractivity contribution is 0.0522. The highest BCUT2D eigenvalue weighted by Gasteiger charge is 2.24. The summed E-state index contributed by atoms with van der Waals surface area (Å²) in [6.07, 6.45) is 0.973. The smallest absolute Gasteiger partial charge is 0.407 e. The minimum atomic E-state index is -0.624. The van der Waals surface area contributed by atoms with Gasteiger partial charge in [0.1, 0.15) is 17.1 Å². The Morgan fingerprint density at radius 2 is 1.77 bits per heavy atom. The van der Waals surface area contributed by atoms with Gasteiger partial charge in [0.15, 0.2) is 0 Å². The lowest BCUT2D eigenvalue weighted by Crippen LogP contribution is -2.32. The van der Waals surface area contributed by atoms with Crippen LogP contribution in [0.1, 0.15) is 55.4 Å². The van der Waals surface area contributed by atoms with Crippen molar-refractivity contribution in [2.45, 2.75) is 45.9 Å². The lowest BCUT2D eigenvalue weighted by Gasteiger charge is -2.26. The largest absolute Gasteiger partial charge is 0.497 e. The maximum absolute atomic E-state index is 13.6. The molecule has 0 aliphatic rings. The van der Waals surface area contributed by atoms with Crippen molar-refractivity contribution in [3.05, 3.63) is 65.5 Å². The lowest BCUT2D eigenvalue weighted by atomic mass is 10.0. The van der Waals surface area contributed by atoms with Gasteiger partial charge in [-0.1, -0.05) is 30.3 Å². The molecule has 2 aromatic carbocycles. The Labute approximate surface area is 206 Å². The van der Waals surface area contributed by atoms with Gasteiger partial charge in [-0.15, -0.1) is 0 Å². The maximum Gasteiger partial charge on any atom is 0.407 e. The third-order valence-electron chi connectivity index (χ3n) is 5.67. The number of fused-ring (bicyclic) bond motifs is 1. The molecule has 0 aliphatic carbocycles. The maximum atomic E-state index is 13.6. The summed E-state index contributed by atoms with van der Waals surface area (Å²) in [5.74, 6) is 0.835. The van der Waals surface area contributed by atoms with Crippen molar-refractivity contribution in [2.24, 2.45) is 0 Å². The molecule has 1 unspecified atom stereocenters. The number of nitrogens with one attached hydrogen (secondary N) is 1. The number of benzene rings is 2. The van der Waals surface area contributed by atoms with Gasteiger partial charge >= 0.3 is 6.09 Å². The summed E-state index contributed by atoms with van der Waals surface area (Å²) in [6, 6.07) is 13.2. The molecule has 1 heterocycles. The van der Waals surface area contributed by atoms with Crippen LogP contribution in [0.3, 0.4) is 0 Å². The fraction of sp³-hybridized carbons (Fsp3) is 0.370. The van der Waals surface area contributed by atoms with Gasteiger partial charge in [0.05, 0.1) is 38.1 Å². The molecule has 35 heavy (non-hydrogen) atoms. The fourth-order valence-corrected chi connectivity index (χ4v) is 3.75. The first kappa shape index (κ1) is 25.8. The molecule has 1 aromatic heterocycles. The first-order valence-corrected chi connectivity index (χ1v) is 11.4. The van der Waals surface area contributed by atoms with Gasteiger partial charge in [0, 0.05) is 30.1 Å². The molecule has 8 heteroatoms. The highest BCUT2D eigenvalue weighted by atomic mass is 16.6. The van der Waals surface area contributed by atoms with E-state index in [1.165, 1.54) is 13.3 Å². The number of rotatable bonds is 7. The molecule has 0 aliphatic heterocycles. The monoisotopic (exact) mass is 479 g/mol. The van der Waals surface area contributed by atoms with Crippen LogP contribution in [0.4, 0.5) is 4.79 Å². The van der Waals surface area contributed by atoms with E-state index in [-0.39, 0.29) is 18.5 Å². The van der Waals surface area contributed by atoms with Crippen molar-refractivity contribution >= 4 is 22.8 Å². The summed E-state index contributed by atoms with van der Waals surface area (Å²) in [4.78, 5) is 32.1. The summed E-state index contributed by atoms with van der Waals surface area (Å²) >= 11 is 0. The van der Waals surface area contributed by atoms with Gasteiger partial charge < -0.3 is 24.4 Å². The summed E-state index contributed by atoms with van der Waals surface area (Å²) in [5, 5.41) is 3.97. The third kappa shape index (κ3) is 6.01. The molecule has 0 radical (unpaired) electrons. The molecule has 3 rings (SSSR count). The molecule has 8 nitrogen and oxygen atoms in total. The summed E-state index contributed by atoms with van der Waals surface area (Å²) in [5.41, 5.74) is 1.35. The highest BCUT2D eigenvalue weighted by Crippen LogP contribution is 2.36. The fourth-order valence-electron chi connectivity index (χ4n) is 3.75. The van der Waals surface area contributed by atoms with E-state index < -0.39 is 11.7 Å². The number of hydrogen-bond acceptors (Lipinski definition) is 6. The minimum absolute atomic E-state index is 0.0961. The second-order valence-corrected chi connectivity index (χ2v) is 9.23. The molecule has 1 atom stereocenters. The van der Waals surface area contributed by atoms with Crippen LogP contribution in [0, 0.1) is 0 Å². The molecule has 1 N–H and O–H groups in total. The molecule has 0 fully saturated rings. The highest BCUT2D eigenvalue weighted by molar-refractivity contribution is 6.09. The topological polar surface area (TPSA) is 90.0 Å². The van der Waals surface area contributed by atoms with Crippen LogP contribution in [0.15, 0.2) is 48.7 Å². The van der Waals surface area contributed by atoms with E-state index in [0.717, 1.165) is 5.56 Å². The van der Waals surface area contributed by atoms with Crippen molar-refractivity contribution in [3.63, 3.8) is 0 Å². The number of alkyl carbamates (subject to hydrolysis) is 1. The molecule has 0 saturated heterocycles. The molecule has 0 spiro atoms. The zero-order valence-corrected chi connectivity index (χ0v) is 21.3. The van der Waals surface area contributed by atoms with E-state index in [2.05, 4.69) is 10.3 Å². The number of methoxy groups -OCH3 is 2. The second kappa shape index (κ2) is 10.6. The van der Waals surface area contributed by atoms with E-state index >= 15 is 0 Å². The minimum Gasteiger partial charge on any atom is -0.497 e. The Morgan fingerprint density at radius 3 is 2.37 bits per heavy atom. The van der Waals surface area contributed by atoms with E-state index in [4.69, 9.17) is 14.2 Å². The molecule has 3 aromatic rings. The zero-order valence-electron chi connectivity index (χ0n) is 21.3. The predicted molar refractivity (Wildman–Crippen MR) is 135 cm³/mol. The molecule has 186 valence electrons. The summed E-state index contributed by atoms with van der Waals surface area (Å²) in [7, 11) is 4.86. The average molecular weight is 480 g/mol. The van der Waals surface area contributed by atoms with Crippen LogP contribution in [0.2, 0.25) is 0 Å².